The summed E-state index contributed by atoms with van der Waals surface area (Å²) in [5, 5.41) is 4.73. The SMILES string of the molecule is CCNCc1cnc(Sc2ncc[nH]2)nc1. The number of rotatable bonds is 5. The first kappa shape index (κ1) is 11.1. The Balaban J connectivity index is 1.96. The lowest BCUT2D eigenvalue weighted by atomic mass is 10.3. The average Bonchev–Trinajstić information content (AvgIpc) is 2.81. The number of nitrogens with zero attached hydrogens (tertiary/aromatic N) is 3. The first-order chi connectivity index (χ1) is 7.88. The zero-order valence-corrected chi connectivity index (χ0v) is 9.79. The predicted molar refractivity (Wildman–Crippen MR) is 62.1 cm³/mol. The molecule has 0 unspecified atom stereocenters. The molecule has 2 aromatic heterocycles. The molecule has 2 aromatic rings. The molecule has 6 heteroatoms. The second kappa shape index (κ2) is 5.62. The van der Waals surface area contributed by atoms with Crippen molar-refractivity contribution in [2.24, 2.45) is 0 Å². The van der Waals surface area contributed by atoms with Gasteiger partial charge < -0.3 is 10.3 Å². The molecule has 0 fully saturated rings. The van der Waals surface area contributed by atoms with E-state index in [0.717, 1.165) is 23.8 Å². The van der Waals surface area contributed by atoms with Gasteiger partial charge in [0.2, 0.25) is 0 Å². The minimum Gasteiger partial charge on any atom is -0.339 e. The Hall–Kier alpha value is -1.40. The van der Waals surface area contributed by atoms with Crippen molar-refractivity contribution in [3.63, 3.8) is 0 Å². The van der Waals surface area contributed by atoms with Crippen molar-refractivity contribution in [1.82, 2.24) is 25.3 Å². The maximum absolute atomic E-state index is 4.26. The van der Waals surface area contributed by atoms with Gasteiger partial charge >= 0.3 is 0 Å². The molecule has 0 bridgehead atoms. The third-order valence-electron chi connectivity index (χ3n) is 1.92. The zero-order valence-electron chi connectivity index (χ0n) is 8.97. The van der Waals surface area contributed by atoms with E-state index in [4.69, 9.17) is 0 Å². The van der Waals surface area contributed by atoms with Gasteiger partial charge in [-0.25, -0.2) is 15.0 Å². The van der Waals surface area contributed by atoms with Crippen molar-refractivity contribution >= 4 is 11.8 Å². The zero-order chi connectivity index (χ0) is 11.2. The predicted octanol–water partition coefficient (Wildman–Crippen LogP) is 1.46. The van der Waals surface area contributed by atoms with Gasteiger partial charge in [0.15, 0.2) is 10.3 Å². The van der Waals surface area contributed by atoms with Crippen LogP contribution in [0.3, 0.4) is 0 Å². The molecule has 0 saturated heterocycles. The molecule has 16 heavy (non-hydrogen) atoms. The Labute approximate surface area is 98.1 Å². The summed E-state index contributed by atoms with van der Waals surface area (Å²) >= 11 is 1.42. The van der Waals surface area contributed by atoms with E-state index >= 15 is 0 Å². The summed E-state index contributed by atoms with van der Waals surface area (Å²) in [7, 11) is 0. The third kappa shape index (κ3) is 3.04. The van der Waals surface area contributed by atoms with Gasteiger partial charge in [0.1, 0.15) is 0 Å². The highest BCUT2D eigenvalue weighted by atomic mass is 32.2. The van der Waals surface area contributed by atoms with E-state index < -0.39 is 0 Å². The van der Waals surface area contributed by atoms with E-state index in [2.05, 4.69) is 32.2 Å². The molecule has 0 radical (unpaired) electrons. The summed E-state index contributed by atoms with van der Waals surface area (Å²) in [5.41, 5.74) is 1.09. The van der Waals surface area contributed by atoms with Crippen LogP contribution < -0.4 is 5.32 Å². The quantitative estimate of drug-likeness (QED) is 0.768. The van der Waals surface area contributed by atoms with Crippen LogP contribution in [-0.2, 0) is 6.54 Å². The smallest absolute Gasteiger partial charge is 0.195 e. The van der Waals surface area contributed by atoms with Gasteiger partial charge in [0, 0.05) is 36.9 Å². The minimum absolute atomic E-state index is 0.704. The van der Waals surface area contributed by atoms with E-state index in [1.165, 1.54) is 11.8 Å². The fourth-order valence-electron chi connectivity index (χ4n) is 1.15. The van der Waals surface area contributed by atoms with Crippen LogP contribution in [0.2, 0.25) is 0 Å². The first-order valence-electron chi connectivity index (χ1n) is 5.07. The fraction of sp³-hybridized carbons (Fsp3) is 0.300. The van der Waals surface area contributed by atoms with E-state index in [1.807, 2.05) is 12.4 Å². The molecule has 0 saturated carbocycles. The summed E-state index contributed by atoms with van der Waals surface area (Å²) in [6.07, 6.45) is 7.16. The molecule has 0 amide bonds. The van der Waals surface area contributed by atoms with Crippen LogP contribution in [-0.4, -0.2) is 26.5 Å². The van der Waals surface area contributed by atoms with Gasteiger partial charge in [-0.05, 0) is 18.3 Å². The average molecular weight is 235 g/mol. The van der Waals surface area contributed by atoms with Crippen molar-refractivity contribution < 1.29 is 0 Å². The summed E-state index contributed by atoms with van der Waals surface area (Å²) in [4.78, 5) is 15.6. The lowest BCUT2D eigenvalue weighted by Crippen LogP contribution is -2.12. The van der Waals surface area contributed by atoms with Crippen LogP contribution in [0, 0.1) is 0 Å². The Morgan fingerprint density at radius 1 is 1.31 bits per heavy atom. The molecule has 0 atom stereocenters. The lowest BCUT2D eigenvalue weighted by Gasteiger charge is -2.01. The molecule has 2 heterocycles. The maximum Gasteiger partial charge on any atom is 0.195 e. The van der Waals surface area contributed by atoms with Crippen LogP contribution in [0.4, 0.5) is 0 Å². The van der Waals surface area contributed by atoms with E-state index in [0.29, 0.717) is 5.16 Å². The molecule has 2 rings (SSSR count). The van der Waals surface area contributed by atoms with Crippen molar-refractivity contribution in [1.29, 1.82) is 0 Å². The highest BCUT2D eigenvalue weighted by molar-refractivity contribution is 7.99. The minimum atomic E-state index is 0.704. The summed E-state index contributed by atoms with van der Waals surface area (Å²) < 4.78 is 0. The molecular formula is C10H13N5S. The van der Waals surface area contributed by atoms with Crippen LogP contribution in [0.1, 0.15) is 12.5 Å². The van der Waals surface area contributed by atoms with Gasteiger partial charge in [-0.3, -0.25) is 0 Å². The summed E-state index contributed by atoms with van der Waals surface area (Å²) in [5.74, 6) is 0. The fourth-order valence-corrected chi connectivity index (χ4v) is 1.77. The number of hydrogen-bond acceptors (Lipinski definition) is 5. The van der Waals surface area contributed by atoms with Crippen LogP contribution in [0.15, 0.2) is 35.1 Å². The van der Waals surface area contributed by atoms with Crippen LogP contribution >= 0.6 is 11.8 Å². The monoisotopic (exact) mass is 235 g/mol. The number of H-pyrrole nitrogens is 1. The number of imidazole rings is 1. The molecule has 84 valence electrons. The normalized spacial score (nSPS) is 10.6. The Kier molecular flexibility index (Phi) is 3.90. The molecule has 0 spiro atoms. The third-order valence-corrected chi connectivity index (χ3v) is 2.73. The largest absolute Gasteiger partial charge is 0.339 e. The second-order valence-corrected chi connectivity index (χ2v) is 4.11. The number of nitrogens with one attached hydrogen (secondary N) is 2. The first-order valence-corrected chi connectivity index (χ1v) is 5.89. The van der Waals surface area contributed by atoms with Gasteiger partial charge in [0.25, 0.3) is 0 Å². The summed E-state index contributed by atoms with van der Waals surface area (Å²) in [6.45, 7) is 3.83. The van der Waals surface area contributed by atoms with Crippen LogP contribution in [0.5, 0.6) is 0 Å². The van der Waals surface area contributed by atoms with E-state index in [1.54, 1.807) is 12.4 Å². The van der Waals surface area contributed by atoms with Crippen molar-refractivity contribution in [3.05, 3.63) is 30.4 Å². The van der Waals surface area contributed by atoms with Gasteiger partial charge in [0.05, 0.1) is 0 Å². The number of aromatic nitrogens is 4. The molecule has 2 N–H and O–H groups in total. The maximum atomic E-state index is 4.26. The Morgan fingerprint density at radius 3 is 2.75 bits per heavy atom. The molecule has 5 nitrogen and oxygen atoms in total. The van der Waals surface area contributed by atoms with Gasteiger partial charge in [-0.15, -0.1) is 0 Å². The standard InChI is InChI=1S/C10H13N5S/c1-2-11-5-8-6-14-10(15-7-8)16-9-12-3-4-13-9/h3-4,6-7,11H,2,5H2,1H3,(H,12,13). The summed E-state index contributed by atoms with van der Waals surface area (Å²) in [6, 6.07) is 0. The molecule has 0 aliphatic carbocycles. The van der Waals surface area contributed by atoms with Gasteiger partial charge in [-0.1, -0.05) is 6.92 Å². The van der Waals surface area contributed by atoms with Crippen molar-refractivity contribution in [3.8, 4) is 0 Å². The van der Waals surface area contributed by atoms with Crippen LogP contribution in [0.25, 0.3) is 0 Å². The Morgan fingerprint density at radius 2 is 2.12 bits per heavy atom. The number of hydrogen-bond donors (Lipinski definition) is 2. The van der Waals surface area contributed by atoms with E-state index in [-0.39, 0.29) is 0 Å². The molecular weight excluding hydrogens is 222 g/mol. The lowest BCUT2D eigenvalue weighted by molar-refractivity contribution is 0.716. The second-order valence-electron chi connectivity index (χ2n) is 3.15. The van der Waals surface area contributed by atoms with Crippen molar-refractivity contribution in [2.75, 3.05) is 6.54 Å². The Bertz CT molecular complexity index is 411. The molecule has 0 aromatic carbocycles. The number of aromatic amines is 1. The molecule has 0 aliphatic rings. The van der Waals surface area contributed by atoms with Crippen molar-refractivity contribution in [2.45, 2.75) is 23.8 Å². The topological polar surface area (TPSA) is 66.5 Å². The molecule has 0 aliphatic heterocycles. The highest BCUT2D eigenvalue weighted by Crippen LogP contribution is 2.19. The highest BCUT2D eigenvalue weighted by Gasteiger charge is 2.02. The van der Waals surface area contributed by atoms with Gasteiger partial charge in [-0.2, -0.15) is 0 Å². The van der Waals surface area contributed by atoms with E-state index in [9.17, 15) is 0 Å².